The molecule has 2 rings (SSSR count). The van der Waals surface area contributed by atoms with Crippen LogP contribution in [0.25, 0.3) is 11.3 Å². The lowest BCUT2D eigenvalue weighted by Gasteiger charge is -2.05. The standard InChI is InChI=1S/C12H12BrFN2O/c1-16-10(6-7-17)15-12(13)11(16)8-2-4-9(14)5-3-8/h2-5,17H,6-7H2,1H3. The van der Waals surface area contributed by atoms with Crippen molar-refractivity contribution in [2.24, 2.45) is 7.05 Å². The first-order chi connectivity index (χ1) is 8.13. The number of aliphatic hydroxyl groups excluding tert-OH is 1. The summed E-state index contributed by atoms with van der Waals surface area (Å²) in [6.07, 6.45) is 0.496. The maximum atomic E-state index is 12.9. The molecular weight excluding hydrogens is 287 g/mol. The molecule has 1 heterocycles. The normalized spacial score (nSPS) is 10.8. The van der Waals surface area contributed by atoms with Crippen molar-refractivity contribution in [2.45, 2.75) is 6.42 Å². The Bertz CT molecular complexity index is 522. The van der Waals surface area contributed by atoms with E-state index in [2.05, 4.69) is 20.9 Å². The Balaban J connectivity index is 2.48. The van der Waals surface area contributed by atoms with Crippen LogP contribution in [0.3, 0.4) is 0 Å². The number of imidazole rings is 1. The van der Waals surface area contributed by atoms with Crippen molar-refractivity contribution in [1.29, 1.82) is 0 Å². The topological polar surface area (TPSA) is 38.0 Å². The highest BCUT2D eigenvalue weighted by atomic mass is 79.9. The van der Waals surface area contributed by atoms with Gasteiger partial charge >= 0.3 is 0 Å². The summed E-state index contributed by atoms with van der Waals surface area (Å²) in [5, 5.41) is 8.93. The van der Waals surface area contributed by atoms with Gasteiger partial charge in [0.15, 0.2) is 0 Å². The van der Waals surface area contributed by atoms with Gasteiger partial charge in [0.2, 0.25) is 0 Å². The summed E-state index contributed by atoms with van der Waals surface area (Å²) in [6.45, 7) is 0.0557. The molecule has 0 fully saturated rings. The third-order valence-electron chi connectivity index (χ3n) is 2.60. The second-order valence-electron chi connectivity index (χ2n) is 3.71. The molecule has 0 unspecified atom stereocenters. The molecule has 90 valence electrons. The number of benzene rings is 1. The summed E-state index contributed by atoms with van der Waals surface area (Å²) in [7, 11) is 1.88. The second-order valence-corrected chi connectivity index (χ2v) is 4.46. The molecule has 2 aromatic rings. The van der Waals surface area contributed by atoms with Gasteiger partial charge in [-0.1, -0.05) is 0 Å². The number of aromatic nitrogens is 2. The molecule has 1 aromatic heterocycles. The molecular formula is C12H12BrFN2O. The van der Waals surface area contributed by atoms with Gasteiger partial charge in [0.05, 0.1) is 12.3 Å². The predicted octanol–water partition coefficient (Wildman–Crippen LogP) is 2.52. The van der Waals surface area contributed by atoms with Crippen molar-refractivity contribution in [3.8, 4) is 11.3 Å². The van der Waals surface area contributed by atoms with Crippen molar-refractivity contribution in [3.63, 3.8) is 0 Å². The highest BCUT2D eigenvalue weighted by molar-refractivity contribution is 9.10. The molecule has 0 aliphatic rings. The van der Waals surface area contributed by atoms with Crippen LogP contribution in [0.5, 0.6) is 0 Å². The Morgan fingerprint density at radius 1 is 1.35 bits per heavy atom. The summed E-state index contributed by atoms with van der Waals surface area (Å²) < 4.78 is 15.5. The van der Waals surface area contributed by atoms with Gasteiger partial charge in [0.25, 0.3) is 0 Å². The average Bonchev–Trinajstić information content (AvgIpc) is 2.57. The van der Waals surface area contributed by atoms with Crippen LogP contribution in [0.15, 0.2) is 28.9 Å². The molecule has 3 nitrogen and oxygen atoms in total. The molecule has 0 aliphatic carbocycles. The Kier molecular flexibility index (Phi) is 3.59. The van der Waals surface area contributed by atoms with Crippen LogP contribution >= 0.6 is 15.9 Å². The van der Waals surface area contributed by atoms with Gasteiger partial charge in [-0.3, -0.25) is 0 Å². The summed E-state index contributed by atoms with van der Waals surface area (Å²) in [4.78, 5) is 4.32. The van der Waals surface area contributed by atoms with Gasteiger partial charge < -0.3 is 9.67 Å². The van der Waals surface area contributed by atoms with Crippen LogP contribution in [0, 0.1) is 5.82 Å². The minimum Gasteiger partial charge on any atom is -0.396 e. The molecule has 0 saturated carbocycles. The lowest BCUT2D eigenvalue weighted by molar-refractivity contribution is 0.295. The highest BCUT2D eigenvalue weighted by Crippen LogP contribution is 2.28. The number of aliphatic hydroxyl groups is 1. The van der Waals surface area contributed by atoms with E-state index in [1.165, 1.54) is 12.1 Å². The van der Waals surface area contributed by atoms with Gasteiger partial charge in [-0.05, 0) is 40.2 Å². The number of nitrogens with zero attached hydrogens (tertiary/aromatic N) is 2. The number of hydrogen-bond donors (Lipinski definition) is 1. The Morgan fingerprint density at radius 3 is 2.59 bits per heavy atom. The van der Waals surface area contributed by atoms with E-state index in [4.69, 9.17) is 5.11 Å². The zero-order valence-corrected chi connectivity index (χ0v) is 10.9. The highest BCUT2D eigenvalue weighted by Gasteiger charge is 2.13. The van der Waals surface area contributed by atoms with Crippen LogP contribution in [0.1, 0.15) is 5.82 Å². The van der Waals surface area contributed by atoms with Gasteiger partial charge in [-0.15, -0.1) is 0 Å². The Hall–Kier alpha value is -1.20. The fraction of sp³-hybridized carbons (Fsp3) is 0.250. The van der Waals surface area contributed by atoms with E-state index in [0.717, 1.165) is 17.1 Å². The number of rotatable bonds is 3. The smallest absolute Gasteiger partial charge is 0.132 e. The largest absolute Gasteiger partial charge is 0.396 e. The minimum atomic E-state index is -0.261. The number of halogens is 2. The van der Waals surface area contributed by atoms with E-state index < -0.39 is 0 Å². The third kappa shape index (κ3) is 2.40. The van der Waals surface area contributed by atoms with Gasteiger partial charge in [-0.25, -0.2) is 9.37 Å². The molecule has 5 heteroatoms. The van der Waals surface area contributed by atoms with Gasteiger partial charge in [-0.2, -0.15) is 0 Å². The lowest BCUT2D eigenvalue weighted by atomic mass is 10.1. The molecule has 0 amide bonds. The molecule has 0 radical (unpaired) electrons. The maximum absolute atomic E-state index is 12.9. The molecule has 0 aliphatic heterocycles. The predicted molar refractivity (Wildman–Crippen MR) is 67.1 cm³/mol. The van der Waals surface area contributed by atoms with Crippen LogP contribution in [-0.4, -0.2) is 21.3 Å². The quantitative estimate of drug-likeness (QED) is 0.945. The second kappa shape index (κ2) is 4.98. The van der Waals surface area contributed by atoms with Gasteiger partial charge in [0.1, 0.15) is 16.2 Å². The van der Waals surface area contributed by atoms with Crippen LogP contribution in [0.2, 0.25) is 0 Å². The molecule has 1 aromatic carbocycles. The van der Waals surface area contributed by atoms with Gasteiger partial charge in [0, 0.05) is 19.0 Å². The first-order valence-corrected chi connectivity index (χ1v) is 6.00. The fourth-order valence-corrected chi connectivity index (χ4v) is 2.45. The third-order valence-corrected chi connectivity index (χ3v) is 3.15. The van der Waals surface area contributed by atoms with Crippen molar-refractivity contribution in [1.82, 2.24) is 9.55 Å². The SMILES string of the molecule is Cn1c(CCO)nc(Br)c1-c1ccc(F)cc1. The van der Waals surface area contributed by atoms with Crippen molar-refractivity contribution in [2.75, 3.05) is 6.61 Å². The zero-order valence-electron chi connectivity index (χ0n) is 9.32. The minimum absolute atomic E-state index is 0.0557. The van der Waals surface area contributed by atoms with E-state index in [-0.39, 0.29) is 12.4 Å². The summed E-state index contributed by atoms with van der Waals surface area (Å²) in [5.41, 5.74) is 1.77. The maximum Gasteiger partial charge on any atom is 0.132 e. The van der Waals surface area contributed by atoms with E-state index in [1.807, 2.05) is 11.6 Å². The first kappa shape index (κ1) is 12.3. The van der Waals surface area contributed by atoms with E-state index >= 15 is 0 Å². The monoisotopic (exact) mass is 298 g/mol. The van der Waals surface area contributed by atoms with E-state index in [1.54, 1.807) is 12.1 Å². The van der Waals surface area contributed by atoms with E-state index in [9.17, 15) is 4.39 Å². The Labute approximate surface area is 107 Å². The van der Waals surface area contributed by atoms with Crippen molar-refractivity contribution in [3.05, 3.63) is 40.5 Å². The van der Waals surface area contributed by atoms with Crippen LogP contribution in [0.4, 0.5) is 4.39 Å². The van der Waals surface area contributed by atoms with Crippen molar-refractivity contribution < 1.29 is 9.50 Å². The molecule has 0 atom stereocenters. The molecule has 0 saturated heterocycles. The summed E-state index contributed by atoms with van der Waals surface area (Å²) in [6, 6.07) is 6.25. The van der Waals surface area contributed by atoms with Crippen LogP contribution in [-0.2, 0) is 13.5 Å². The van der Waals surface area contributed by atoms with Crippen LogP contribution < -0.4 is 0 Å². The molecule has 0 spiro atoms. The average molecular weight is 299 g/mol. The van der Waals surface area contributed by atoms with E-state index in [0.29, 0.717) is 11.0 Å². The first-order valence-electron chi connectivity index (χ1n) is 5.21. The Morgan fingerprint density at radius 2 is 2.00 bits per heavy atom. The molecule has 17 heavy (non-hydrogen) atoms. The molecule has 1 N–H and O–H groups in total. The number of hydrogen-bond acceptors (Lipinski definition) is 2. The zero-order chi connectivity index (χ0) is 12.4. The lowest BCUT2D eigenvalue weighted by Crippen LogP contribution is -2.02. The summed E-state index contributed by atoms with van der Waals surface area (Å²) >= 11 is 3.39. The fourth-order valence-electron chi connectivity index (χ4n) is 1.75. The molecule has 0 bridgehead atoms. The van der Waals surface area contributed by atoms with Crippen molar-refractivity contribution >= 4 is 15.9 Å². The summed E-state index contributed by atoms with van der Waals surface area (Å²) in [5.74, 6) is 0.529.